The smallest absolute Gasteiger partial charge is 0.181 e. The van der Waals surface area contributed by atoms with Gasteiger partial charge in [0.25, 0.3) is 0 Å². The number of benzene rings is 2. The van der Waals surface area contributed by atoms with Crippen molar-refractivity contribution in [2.24, 2.45) is 0 Å². The summed E-state index contributed by atoms with van der Waals surface area (Å²) in [6.07, 6.45) is 0. The number of H-pyrrole nitrogens is 1. The van der Waals surface area contributed by atoms with E-state index in [1.807, 2.05) is 24.3 Å². The zero-order valence-corrected chi connectivity index (χ0v) is 12.0. The molecule has 1 aromatic heterocycles. The fourth-order valence-corrected chi connectivity index (χ4v) is 1.92. The highest BCUT2D eigenvalue weighted by Crippen LogP contribution is 2.20. The van der Waals surface area contributed by atoms with Crippen LogP contribution in [0.4, 0.5) is 0 Å². The molecular formula is C16H15N3O3. The third-order valence-corrected chi connectivity index (χ3v) is 3.09. The van der Waals surface area contributed by atoms with Crippen LogP contribution < -0.4 is 9.47 Å². The Morgan fingerprint density at radius 2 is 1.68 bits per heavy atom. The Morgan fingerprint density at radius 3 is 2.36 bits per heavy atom. The molecule has 6 nitrogen and oxygen atoms in total. The zero-order valence-electron chi connectivity index (χ0n) is 12.0. The third-order valence-electron chi connectivity index (χ3n) is 3.09. The van der Waals surface area contributed by atoms with E-state index in [4.69, 9.17) is 9.47 Å². The number of aromatic amines is 1. The molecule has 0 saturated carbocycles. The van der Waals surface area contributed by atoms with Gasteiger partial charge in [-0.1, -0.05) is 0 Å². The van der Waals surface area contributed by atoms with E-state index >= 15 is 0 Å². The lowest BCUT2D eigenvalue weighted by Gasteiger charge is -2.04. The van der Waals surface area contributed by atoms with E-state index in [0.717, 1.165) is 17.1 Å². The second kappa shape index (κ2) is 6.17. The van der Waals surface area contributed by atoms with Crippen LogP contribution in [-0.4, -0.2) is 27.4 Å². The molecule has 0 saturated heterocycles. The summed E-state index contributed by atoms with van der Waals surface area (Å²) in [7, 11) is 1.62. The molecule has 6 heteroatoms. The Bertz CT molecular complexity index is 736. The van der Waals surface area contributed by atoms with Crippen LogP contribution in [0.15, 0.2) is 48.5 Å². The van der Waals surface area contributed by atoms with Crippen LogP contribution in [0.1, 0.15) is 5.82 Å². The molecule has 0 aliphatic rings. The highest BCUT2D eigenvalue weighted by atomic mass is 16.5. The summed E-state index contributed by atoms with van der Waals surface area (Å²) in [5.41, 5.74) is 0.824. The number of rotatable bonds is 5. The van der Waals surface area contributed by atoms with Crippen LogP contribution in [0.2, 0.25) is 0 Å². The molecule has 0 atom stereocenters. The Hall–Kier alpha value is -3.02. The minimum atomic E-state index is 0.211. The number of nitrogens with one attached hydrogen (secondary N) is 1. The normalized spacial score (nSPS) is 10.4. The van der Waals surface area contributed by atoms with Crippen molar-refractivity contribution in [3.8, 4) is 28.6 Å². The number of nitrogens with zero attached hydrogens (tertiary/aromatic N) is 2. The summed E-state index contributed by atoms with van der Waals surface area (Å²) >= 11 is 0. The minimum Gasteiger partial charge on any atom is -0.508 e. The van der Waals surface area contributed by atoms with Crippen molar-refractivity contribution in [2.45, 2.75) is 6.61 Å². The van der Waals surface area contributed by atoms with Gasteiger partial charge in [0.05, 0.1) is 7.11 Å². The molecule has 0 aliphatic carbocycles. The Kier molecular flexibility index (Phi) is 3.91. The van der Waals surface area contributed by atoms with Crippen molar-refractivity contribution < 1.29 is 14.6 Å². The number of hydrogen-bond donors (Lipinski definition) is 2. The molecule has 0 amide bonds. The van der Waals surface area contributed by atoms with Crippen molar-refractivity contribution in [1.82, 2.24) is 15.2 Å². The van der Waals surface area contributed by atoms with Gasteiger partial charge in [0.15, 0.2) is 11.6 Å². The maximum absolute atomic E-state index is 9.28. The van der Waals surface area contributed by atoms with Gasteiger partial charge in [-0.05, 0) is 48.5 Å². The van der Waals surface area contributed by atoms with E-state index in [9.17, 15) is 5.11 Å². The van der Waals surface area contributed by atoms with E-state index < -0.39 is 0 Å². The topological polar surface area (TPSA) is 80.3 Å². The SMILES string of the molecule is COc1ccc(OCc2nc(-c3ccc(O)cc3)n[nH]2)cc1. The van der Waals surface area contributed by atoms with E-state index in [1.54, 1.807) is 31.4 Å². The number of aromatic nitrogens is 3. The lowest BCUT2D eigenvalue weighted by atomic mass is 10.2. The van der Waals surface area contributed by atoms with Crippen molar-refractivity contribution in [2.75, 3.05) is 7.11 Å². The summed E-state index contributed by atoms with van der Waals surface area (Å²) in [5.74, 6) is 2.90. The maximum atomic E-state index is 9.28. The lowest BCUT2D eigenvalue weighted by molar-refractivity contribution is 0.296. The van der Waals surface area contributed by atoms with Gasteiger partial charge in [0.2, 0.25) is 0 Å². The summed E-state index contributed by atoms with van der Waals surface area (Å²) in [6, 6.07) is 14.0. The standard InChI is InChI=1S/C16H15N3O3/c1-21-13-6-8-14(9-7-13)22-10-15-17-16(19-18-15)11-2-4-12(20)5-3-11/h2-9,20H,10H2,1H3,(H,17,18,19). The average Bonchev–Trinajstić information content (AvgIpc) is 3.03. The van der Waals surface area contributed by atoms with Crippen LogP contribution in [0.5, 0.6) is 17.2 Å². The Balaban J connectivity index is 1.65. The number of aromatic hydroxyl groups is 1. The van der Waals surface area contributed by atoms with Gasteiger partial charge in [-0.15, -0.1) is 0 Å². The monoisotopic (exact) mass is 297 g/mol. The molecule has 3 aromatic rings. The number of methoxy groups -OCH3 is 1. The van der Waals surface area contributed by atoms with Crippen LogP contribution in [0.3, 0.4) is 0 Å². The Morgan fingerprint density at radius 1 is 1.00 bits per heavy atom. The summed E-state index contributed by atoms with van der Waals surface area (Å²) in [5, 5.41) is 16.3. The summed E-state index contributed by atoms with van der Waals surface area (Å²) < 4.78 is 10.7. The molecule has 0 unspecified atom stereocenters. The third kappa shape index (κ3) is 3.17. The molecule has 0 fully saturated rings. The van der Waals surface area contributed by atoms with E-state index in [1.165, 1.54) is 0 Å². The van der Waals surface area contributed by atoms with Crippen LogP contribution in [0.25, 0.3) is 11.4 Å². The van der Waals surface area contributed by atoms with Gasteiger partial charge >= 0.3 is 0 Å². The van der Waals surface area contributed by atoms with E-state index in [0.29, 0.717) is 11.6 Å². The first-order chi connectivity index (χ1) is 10.7. The number of ether oxygens (including phenoxy) is 2. The Labute approximate surface area is 127 Å². The molecular weight excluding hydrogens is 282 g/mol. The van der Waals surface area contributed by atoms with Crippen molar-refractivity contribution >= 4 is 0 Å². The minimum absolute atomic E-state index is 0.211. The number of phenols is 1. The fourth-order valence-electron chi connectivity index (χ4n) is 1.92. The molecule has 0 aliphatic heterocycles. The van der Waals surface area contributed by atoms with Gasteiger partial charge in [0, 0.05) is 5.56 Å². The summed E-state index contributed by atoms with van der Waals surface area (Å²) in [6.45, 7) is 0.289. The van der Waals surface area contributed by atoms with Gasteiger partial charge in [-0.3, -0.25) is 5.10 Å². The van der Waals surface area contributed by atoms with Crippen molar-refractivity contribution in [3.63, 3.8) is 0 Å². The zero-order chi connectivity index (χ0) is 15.4. The molecule has 3 rings (SSSR count). The van der Waals surface area contributed by atoms with E-state index in [2.05, 4.69) is 15.2 Å². The predicted octanol–water partition coefficient (Wildman–Crippen LogP) is 2.76. The number of phenolic OH excluding ortho intramolecular Hbond substituents is 1. The van der Waals surface area contributed by atoms with Gasteiger partial charge in [-0.25, -0.2) is 4.98 Å². The fraction of sp³-hybridized carbons (Fsp3) is 0.125. The van der Waals surface area contributed by atoms with Crippen molar-refractivity contribution in [1.29, 1.82) is 0 Å². The number of hydrogen-bond acceptors (Lipinski definition) is 5. The molecule has 112 valence electrons. The summed E-state index contributed by atoms with van der Waals surface area (Å²) in [4.78, 5) is 4.36. The highest BCUT2D eigenvalue weighted by molar-refractivity contribution is 5.55. The second-order valence-electron chi connectivity index (χ2n) is 4.62. The molecule has 22 heavy (non-hydrogen) atoms. The van der Waals surface area contributed by atoms with Gasteiger partial charge in [0.1, 0.15) is 23.9 Å². The quantitative estimate of drug-likeness (QED) is 0.757. The van der Waals surface area contributed by atoms with Crippen LogP contribution in [-0.2, 0) is 6.61 Å². The molecule has 2 N–H and O–H groups in total. The molecule has 0 spiro atoms. The molecule has 0 radical (unpaired) electrons. The first kappa shape index (κ1) is 13.9. The predicted molar refractivity (Wildman–Crippen MR) is 80.8 cm³/mol. The average molecular weight is 297 g/mol. The first-order valence-corrected chi connectivity index (χ1v) is 6.72. The molecule has 1 heterocycles. The molecule has 2 aromatic carbocycles. The maximum Gasteiger partial charge on any atom is 0.181 e. The van der Waals surface area contributed by atoms with Gasteiger partial charge in [-0.2, -0.15) is 5.10 Å². The van der Waals surface area contributed by atoms with E-state index in [-0.39, 0.29) is 12.4 Å². The van der Waals surface area contributed by atoms with Gasteiger partial charge < -0.3 is 14.6 Å². The van der Waals surface area contributed by atoms with Crippen LogP contribution >= 0.6 is 0 Å². The highest BCUT2D eigenvalue weighted by Gasteiger charge is 2.06. The largest absolute Gasteiger partial charge is 0.508 e. The first-order valence-electron chi connectivity index (χ1n) is 6.72. The lowest BCUT2D eigenvalue weighted by Crippen LogP contribution is -1.97. The van der Waals surface area contributed by atoms with Crippen molar-refractivity contribution in [3.05, 3.63) is 54.4 Å². The van der Waals surface area contributed by atoms with Crippen LogP contribution in [0, 0.1) is 0 Å². The molecule has 0 bridgehead atoms. The second-order valence-corrected chi connectivity index (χ2v) is 4.62.